The molecule has 0 saturated carbocycles. The zero-order chi connectivity index (χ0) is 11.7. The molecule has 1 fully saturated rings. The van der Waals surface area contributed by atoms with Gasteiger partial charge in [-0.15, -0.1) is 0 Å². The summed E-state index contributed by atoms with van der Waals surface area (Å²) in [6.45, 7) is 6.81. The van der Waals surface area contributed by atoms with Crippen LogP contribution in [0.4, 0.5) is 11.4 Å². The van der Waals surface area contributed by atoms with Gasteiger partial charge in [0, 0.05) is 24.8 Å². The fourth-order valence-electron chi connectivity index (χ4n) is 2.09. The number of nitrogens with zero attached hydrogens (tertiary/aromatic N) is 1. The Morgan fingerprint density at radius 1 is 1.38 bits per heavy atom. The number of ether oxygens (including phenoxy) is 1. The van der Waals surface area contributed by atoms with Gasteiger partial charge in [-0.05, 0) is 24.0 Å². The lowest BCUT2D eigenvalue weighted by Gasteiger charge is -2.43. The number of benzene rings is 1. The Hall–Kier alpha value is -1.38. The zero-order valence-corrected chi connectivity index (χ0v) is 10.2. The van der Waals surface area contributed by atoms with Crippen molar-refractivity contribution in [3.63, 3.8) is 0 Å². The van der Waals surface area contributed by atoms with Crippen LogP contribution in [0.25, 0.3) is 0 Å². The van der Waals surface area contributed by atoms with Crippen molar-refractivity contribution >= 4 is 11.4 Å². The average Bonchev–Trinajstić information content (AvgIpc) is 2.17. The molecule has 3 heteroatoms. The number of nitrogens with two attached hydrogens (primary N) is 1. The van der Waals surface area contributed by atoms with Gasteiger partial charge in [-0.25, -0.2) is 0 Å². The Morgan fingerprint density at radius 3 is 2.62 bits per heavy atom. The number of hydrogen-bond acceptors (Lipinski definition) is 3. The maximum absolute atomic E-state index is 5.74. The van der Waals surface area contributed by atoms with Crippen LogP contribution in [0, 0.1) is 11.8 Å². The third kappa shape index (κ3) is 1.94. The molecule has 1 aliphatic rings. The van der Waals surface area contributed by atoms with E-state index >= 15 is 0 Å². The molecule has 0 amide bonds. The van der Waals surface area contributed by atoms with Crippen molar-refractivity contribution in [1.82, 2.24) is 0 Å². The Kier molecular flexibility index (Phi) is 2.95. The standard InChI is InChI=1S/C13H20N2O/c1-9(2)10-7-15(8-10)12-5-4-11(14)6-13(12)16-3/h4-6,9-10H,7-8,14H2,1-3H3. The van der Waals surface area contributed by atoms with E-state index in [2.05, 4.69) is 18.7 Å². The minimum absolute atomic E-state index is 0.751. The molecule has 0 radical (unpaired) electrons. The third-order valence-corrected chi connectivity index (χ3v) is 3.40. The lowest BCUT2D eigenvalue weighted by molar-refractivity contribution is 0.306. The molecule has 0 bridgehead atoms. The average molecular weight is 220 g/mol. The fourth-order valence-corrected chi connectivity index (χ4v) is 2.09. The molecule has 0 atom stereocenters. The molecule has 1 saturated heterocycles. The van der Waals surface area contributed by atoms with E-state index in [1.54, 1.807) is 7.11 Å². The molecule has 0 unspecified atom stereocenters. The predicted octanol–water partition coefficient (Wildman–Crippen LogP) is 2.37. The molecular formula is C13H20N2O. The van der Waals surface area contributed by atoms with Gasteiger partial charge in [-0.2, -0.15) is 0 Å². The van der Waals surface area contributed by atoms with Crippen molar-refractivity contribution in [2.45, 2.75) is 13.8 Å². The van der Waals surface area contributed by atoms with Crippen molar-refractivity contribution in [1.29, 1.82) is 0 Å². The second kappa shape index (κ2) is 4.24. The molecule has 1 aromatic rings. The van der Waals surface area contributed by atoms with Crippen LogP contribution in [-0.4, -0.2) is 20.2 Å². The molecule has 1 aromatic carbocycles. The number of nitrogen functional groups attached to an aromatic ring is 1. The van der Waals surface area contributed by atoms with Crippen LogP contribution in [0.1, 0.15) is 13.8 Å². The Bertz CT molecular complexity index is 370. The van der Waals surface area contributed by atoms with E-state index in [1.165, 1.54) is 0 Å². The summed E-state index contributed by atoms with van der Waals surface area (Å²) in [5.41, 5.74) is 7.65. The monoisotopic (exact) mass is 220 g/mol. The number of methoxy groups -OCH3 is 1. The Morgan fingerprint density at radius 2 is 2.06 bits per heavy atom. The zero-order valence-electron chi connectivity index (χ0n) is 10.2. The molecule has 3 nitrogen and oxygen atoms in total. The molecule has 88 valence electrons. The van der Waals surface area contributed by atoms with E-state index in [1.807, 2.05) is 18.2 Å². The fraction of sp³-hybridized carbons (Fsp3) is 0.538. The summed E-state index contributed by atoms with van der Waals surface area (Å²) in [6, 6.07) is 5.86. The maximum Gasteiger partial charge on any atom is 0.144 e. The Labute approximate surface area is 97.2 Å². The van der Waals surface area contributed by atoms with Crippen molar-refractivity contribution < 1.29 is 4.74 Å². The van der Waals surface area contributed by atoms with E-state index < -0.39 is 0 Å². The largest absolute Gasteiger partial charge is 0.495 e. The first-order chi connectivity index (χ1) is 7.61. The molecule has 16 heavy (non-hydrogen) atoms. The quantitative estimate of drug-likeness (QED) is 0.795. The second-order valence-corrected chi connectivity index (χ2v) is 4.84. The van der Waals surface area contributed by atoms with Gasteiger partial charge in [0.05, 0.1) is 12.8 Å². The summed E-state index contributed by atoms with van der Waals surface area (Å²) in [5.74, 6) is 2.44. The van der Waals surface area contributed by atoms with Gasteiger partial charge < -0.3 is 15.4 Å². The van der Waals surface area contributed by atoms with Gasteiger partial charge in [0.25, 0.3) is 0 Å². The summed E-state index contributed by atoms with van der Waals surface area (Å²) in [6.07, 6.45) is 0. The molecule has 0 spiro atoms. The molecular weight excluding hydrogens is 200 g/mol. The smallest absolute Gasteiger partial charge is 0.144 e. The van der Waals surface area contributed by atoms with Gasteiger partial charge in [0.2, 0.25) is 0 Å². The summed E-state index contributed by atoms with van der Waals surface area (Å²) in [5, 5.41) is 0. The van der Waals surface area contributed by atoms with Crippen LogP contribution in [-0.2, 0) is 0 Å². The van der Waals surface area contributed by atoms with E-state index in [9.17, 15) is 0 Å². The molecule has 2 rings (SSSR count). The highest BCUT2D eigenvalue weighted by molar-refractivity contribution is 5.65. The molecule has 0 aliphatic carbocycles. The van der Waals surface area contributed by atoms with Crippen LogP contribution in [0.2, 0.25) is 0 Å². The summed E-state index contributed by atoms with van der Waals surface area (Å²) in [4.78, 5) is 2.35. The number of hydrogen-bond donors (Lipinski definition) is 1. The lowest BCUT2D eigenvalue weighted by atomic mass is 9.88. The van der Waals surface area contributed by atoms with Crippen molar-refractivity contribution in [2.75, 3.05) is 30.8 Å². The highest BCUT2D eigenvalue weighted by Crippen LogP contribution is 2.36. The van der Waals surface area contributed by atoms with Crippen molar-refractivity contribution in [2.24, 2.45) is 11.8 Å². The van der Waals surface area contributed by atoms with E-state index in [0.29, 0.717) is 0 Å². The van der Waals surface area contributed by atoms with Gasteiger partial charge >= 0.3 is 0 Å². The van der Waals surface area contributed by atoms with Crippen molar-refractivity contribution in [3.05, 3.63) is 18.2 Å². The highest BCUT2D eigenvalue weighted by atomic mass is 16.5. The van der Waals surface area contributed by atoms with E-state index in [4.69, 9.17) is 10.5 Å². The van der Waals surface area contributed by atoms with Gasteiger partial charge in [-0.1, -0.05) is 13.8 Å². The summed E-state index contributed by atoms with van der Waals surface area (Å²) >= 11 is 0. The van der Waals surface area contributed by atoms with Crippen LogP contribution >= 0.6 is 0 Å². The van der Waals surface area contributed by atoms with E-state index in [0.717, 1.165) is 42.0 Å². The van der Waals surface area contributed by atoms with Gasteiger partial charge in [0.15, 0.2) is 0 Å². The van der Waals surface area contributed by atoms with Crippen molar-refractivity contribution in [3.8, 4) is 5.75 Å². The van der Waals surface area contributed by atoms with Crippen LogP contribution in [0.5, 0.6) is 5.75 Å². The summed E-state index contributed by atoms with van der Waals surface area (Å²) < 4.78 is 5.36. The van der Waals surface area contributed by atoms with E-state index in [-0.39, 0.29) is 0 Å². The topological polar surface area (TPSA) is 38.5 Å². The predicted molar refractivity (Wildman–Crippen MR) is 67.9 cm³/mol. The first kappa shape index (κ1) is 11.1. The normalized spacial score (nSPS) is 16.4. The summed E-state index contributed by atoms with van der Waals surface area (Å²) in [7, 11) is 1.69. The first-order valence-corrected chi connectivity index (χ1v) is 5.80. The highest BCUT2D eigenvalue weighted by Gasteiger charge is 2.30. The van der Waals surface area contributed by atoms with Crippen LogP contribution < -0.4 is 15.4 Å². The third-order valence-electron chi connectivity index (χ3n) is 3.40. The maximum atomic E-state index is 5.74. The van der Waals surface area contributed by atoms with Crippen LogP contribution in [0.15, 0.2) is 18.2 Å². The number of rotatable bonds is 3. The second-order valence-electron chi connectivity index (χ2n) is 4.84. The molecule has 0 aromatic heterocycles. The Balaban J connectivity index is 2.11. The van der Waals surface area contributed by atoms with Gasteiger partial charge in [0.1, 0.15) is 5.75 Å². The number of anilines is 2. The molecule has 2 N–H and O–H groups in total. The first-order valence-electron chi connectivity index (χ1n) is 5.80. The minimum Gasteiger partial charge on any atom is -0.495 e. The van der Waals surface area contributed by atoms with Crippen LogP contribution in [0.3, 0.4) is 0 Å². The minimum atomic E-state index is 0.751. The van der Waals surface area contributed by atoms with Gasteiger partial charge in [-0.3, -0.25) is 0 Å². The lowest BCUT2D eigenvalue weighted by Crippen LogP contribution is -2.49. The molecule has 1 heterocycles. The molecule has 1 aliphatic heterocycles. The SMILES string of the molecule is COc1cc(N)ccc1N1CC(C(C)C)C1.